The van der Waals surface area contributed by atoms with Gasteiger partial charge in [0.25, 0.3) is 5.89 Å². The van der Waals surface area contributed by atoms with E-state index >= 15 is 0 Å². The number of hydrogen-bond acceptors (Lipinski definition) is 6. The second-order valence-electron chi connectivity index (χ2n) is 8.01. The summed E-state index contributed by atoms with van der Waals surface area (Å²) in [7, 11) is 1.59. The number of nitrogens with zero attached hydrogens (tertiary/aromatic N) is 3. The molecule has 2 heterocycles. The van der Waals surface area contributed by atoms with Gasteiger partial charge in [-0.3, -0.25) is 0 Å². The largest absolute Gasteiger partial charge is 0.496 e. The lowest BCUT2D eigenvalue weighted by atomic mass is 9.71. The van der Waals surface area contributed by atoms with Gasteiger partial charge in [0.15, 0.2) is 5.69 Å². The standard InChI is InChI=1S/C20H22ClN3O3/c1-20(2,3)11-5-7-16-13(9-11)17(23-26-16)19-22-18(24-27-19)14-10-12(21)6-8-15(14)25-4/h6,8,10-11H,5,7,9H2,1-4H3. The number of fused-ring (bicyclic) bond motifs is 1. The van der Waals surface area contributed by atoms with Crippen LogP contribution in [0.2, 0.25) is 5.02 Å². The quantitative estimate of drug-likeness (QED) is 0.614. The summed E-state index contributed by atoms with van der Waals surface area (Å²) in [6.45, 7) is 6.81. The topological polar surface area (TPSA) is 74.2 Å². The smallest absolute Gasteiger partial charge is 0.280 e. The molecule has 142 valence electrons. The monoisotopic (exact) mass is 387 g/mol. The van der Waals surface area contributed by atoms with Crippen LogP contribution >= 0.6 is 11.6 Å². The Bertz CT molecular complexity index is 971. The molecule has 0 amide bonds. The van der Waals surface area contributed by atoms with Crippen molar-refractivity contribution in [3.63, 3.8) is 0 Å². The molecule has 1 unspecified atom stereocenters. The predicted octanol–water partition coefficient (Wildman–Crippen LogP) is 5.20. The molecular weight excluding hydrogens is 366 g/mol. The minimum atomic E-state index is 0.223. The summed E-state index contributed by atoms with van der Waals surface area (Å²) in [6.07, 6.45) is 2.88. The molecule has 1 aromatic carbocycles. The van der Waals surface area contributed by atoms with E-state index in [0.29, 0.717) is 39.7 Å². The van der Waals surface area contributed by atoms with Gasteiger partial charge >= 0.3 is 0 Å². The highest BCUT2D eigenvalue weighted by Gasteiger charge is 2.34. The summed E-state index contributed by atoms with van der Waals surface area (Å²) in [5.74, 6) is 2.86. The third-order valence-corrected chi connectivity index (χ3v) is 5.53. The van der Waals surface area contributed by atoms with Crippen LogP contribution in [0.5, 0.6) is 5.75 Å². The third-order valence-electron chi connectivity index (χ3n) is 5.30. The number of halogens is 1. The number of ether oxygens (including phenoxy) is 1. The molecule has 6 nitrogen and oxygen atoms in total. The Morgan fingerprint density at radius 2 is 2.00 bits per heavy atom. The average molecular weight is 388 g/mol. The lowest BCUT2D eigenvalue weighted by molar-refractivity contribution is 0.206. The van der Waals surface area contributed by atoms with Crippen molar-refractivity contribution in [2.75, 3.05) is 7.11 Å². The van der Waals surface area contributed by atoms with E-state index in [-0.39, 0.29) is 5.41 Å². The number of methoxy groups -OCH3 is 1. The molecule has 0 spiro atoms. The minimum Gasteiger partial charge on any atom is -0.496 e. The van der Waals surface area contributed by atoms with Crippen LogP contribution < -0.4 is 4.74 Å². The van der Waals surface area contributed by atoms with Crippen LogP contribution in [-0.2, 0) is 12.8 Å². The Kier molecular flexibility index (Phi) is 4.46. The summed E-state index contributed by atoms with van der Waals surface area (Å²) in [5.41, 5.74) is 2.61. The van der Waals surface area contributed by atoms with Crippen molar-refractivity contribution in [1.29, 1.82) is 0 Å². The summed E-state index contributed by atoms with van der Waals surface area (Å²) in [4.78, 5) is 4.53. The second kappa shape index (κ2) is 6.68. The van der Waals surface area contributed by atoms with Gasteiger partial charge in [-0.05, 0) is 42.4 Å². The van der Waals surface area contributed by atoms with Crippen molar-refractivity contribution < 1.29 is 13.8 Å². The van der Waals surface area contributed by atoms with Crippen LogP contribution in [0.3, 0.4) is 0 Å². The summed E-state index contributed by atoms with van der Waals surface area (Å²) in [5, 5.41) is 8.90. The van der Waals surface area contributed by atoms with Crippen LogP contribution in [-0.4, -0.2) is 22.4 Å². The van der Waals surface area contributed by atoms with E-state index in [0.717, 1.165) is 30.6 Å². The number of aromatic nitrogens is 3. The first-order valence-electron chi connectivity index (χ1n) is 9.02. The van der Waals surface area contributed by atoms with Crippen LogP contribution in [0.15, 0.2) is 27.2 Å². The van der Waals surface area contributed by atoms with Crippen molar-refractivity contribution in [1.82, 2.24) is 15.3 Å². The first kappa shape index (κ1) is 18.0. The Labute approximate surface area is 162 Å². The molecule has 4 rings (SSSR count). The van der Waals surface area contributed by atoms with Crippen LogP contribution in [0.1, 0.15) is 38.5 Å². The highest BCUT2D eigenvalue weighted by atomic mass is 35.5. The zero-order valence-corrected chi connectivity index (χ0v) is 16.6. The van der Waals surface area contributed by atoms with E-state index in [4.69, 9.17) is 25.4 Å². The van der Waals surface area contributed by atoms with Gasteiger partial charge in [-0.15, -0.1) is 0 Å². The zero-order chi connectivity index (χ0) is 19.2. The molecule has 0 saturated carbocycles. The van der Waals surface area contributed by atoms with E-state index < -0.39 is 0 Å². The SMILES string of the molecule is COc1ccc(Cl)cc1-c1noc(-c2noc3c2CC(C(C)(C)C)CC3)n1. The molecule has 0 N–H and O–H groups in total. The zero-order valence-electron chi connectivity index (χ0n) is 15.9. The molecule has 1 aliphatic carbocycles. The molecule has 2 aromatic heterocycles. The molecule has 0 radical (unpaired) electrons. The van der Waals surface area contributed by atoms with Crippen molar-refractivity contribution >= 4 is 11.6 Å². The molecule has 0 bridgehead atoms. The van der Waals surface area contributed by atoms with Gasteiger partial charge in [0.05, 0.1) is 12.7 Å². The lowest BCUT2D eigenvalue weighted by Gasteiger charge is -2.33. The van der Waals surface area contributed by atoms with Gasteiger partial charge in [0.1, 0.15) is 11.5 Å². The highest BCUT2D eigenvalue weighted by Crippen LogP contribution is 2.40. The molecule has 27 heavy (non-hydrogen) atoms. The van der Waals surface area contributed by atoms with Gasteiger partial charge < -0.3 is 13.8 Å². The molecule has 7 heteroatoms. The van der Waals surface area contributed by atoms with Gasteiger partial charge in [-0.25, -0.2) is 0 Å². The Hall–Kier alpha value is -2.34. The average Bonchev–Trinajstić information content (AvgIpc) is 3.27. The molecule has 0 aliphatic heterocycles. The van der Waals surface area contributed by atoms with E-state index in [1.807, 2.05) is 0 Å². The van der Waals surface area contributed by atoms with Gasteiger partial charge in [-0.2, -0.15) is 4.98 Å². The number of aryl methyl sites for hydroxylation is 1. The minimum absolute atomic E-state index is 0.223. The third kappa shape index (κ3) is 3.34. The lowest BCUT2D eigenvalue weighted by Crippen LogP contribution is -2.26. The fourth-order valence-electron chi connectivity index (χ4n) is 3.60. The first-order chi connectivity index (χ1) is 12.9. The fraction of sp³-hybridized carbons (Fsp3) is 0.450. The maximum atomic E-state index is 6.11. The van der Waals surface area contributed by atoms with Gasteiger partial charge in [0.2, 0.25) is 5.82 Å². The fourth-order valence-corrected chi connectivity index (χ4v) is 3.77. The van der Waals surface area contributed by atoms with Gasteiger partial charge in [-0.1, -0.05) is 42.7 Å². The van der Waals surface area contributed by atoms with Crippen LogP contribution in [0.25, 0.3) is 23.0 Å². The first-order valence-corrected chi connectivity index (χ1v) is 9.40. The van der Waals surface area contributed by atoms with Crippen molar-refractivity contribution in [2.24, 2.45) is 11.3 Å². The van der Waals surface area contributed by atoms with E-state index in [1.54, 1.807) is 25.3 Å². The Balaban J connectivity index is 1.70. The number of rotatable bonds is 3. The molecule has 0 saturated heterocycles. The van der Waals surface area contributed by atoms with Crippen molar-refractivity contribution in [3.05, 3.63) is 34.5 Å². The Morgan fingerprint density at radius 1 is 1.19 bits per heavy atom. The molecule has 0 fully saturated rings. The van der Waals surface area contributed by atoms with Crippen molar-refractivity contribution in [2.45, 2.75) is 40.0 Å². The predicted molar refractivity (Wildman–Crippen MR) is 102 cm³/mol. The number of benzene rings is 1. The maximum Gasteiger partial charge on any atom is 0.280 e. The van der Waals surface area contributed by atoms with Gasteiger partial charge in [0, 0.05) is 17.0 Å². The molecular formula is C20H22ClN3O3. The highest BCUT2D eigenvalue weighted by molar-refractivity contribution is 6.30. The summed E-state index contributed by atoms with van der Waals surface area (Å²) in [6, 6.07) is 5.29. The summed E-state index contributed by atoms with van der Waals surface area (Å²) >= 11 is 6.11. The Morgan fingerprint density at radius 3 is 2.74 bits per heavy atom. The van der Waals surface area contributed by atoms with Crippen LogP contribution in [0, 0.1) is 11.3 Å². The number of hydrogen-bond donors (Lipinski definition) is 0. The van der Waals surface area contributed by atoms with E-state index in [2.05, 4.69) is 36.1 Å². The molecule has 1 aliphatic rings. The molecule has 1 atom stereocenters. The van der Waals surface area contributed by atoms with Crippen molar-refractivity contribution in [3.8, 4) is 28.7 Å². The van der Waals surface area contributed by atoms with E-state index in [9.17, 15) is 0 Å². The summed E-state index contributed by atoms with van der Waals surface area (Å²) < 4.78 is 16.4. The van der Waals surface area contributed by atoms with Crippen LogP contribution in [0.4, 0.5) is 0 Å². The van der Waals surface area contributed by atoms with E-state index in [1.165, 1.54) is 0 Å². The molecule has 3 aromatic rings. The maximum absolute atomic E-state index is 6.11. The second-order valence-corrected chi connectivity index (χ2v) is 8.44. The normalized spacial score (nSPS) is 17.0.